The van der Waals surface area contributed by atoms with E-state index in [9.17, 15) is 14.7 Å². The van der Waals surface area contributed by atoms with Crippen molar-refractivity contribution in [2.45, 2.75) is 0 Å². The number of anilines is 1. The van der Waals surface area contributed by atoms with Crippen molar-refractivity contribution in [2.75, 3.05) is 12.4 Å². The van der Waals surface area contributed by atoms with Gasteiger partial charge in [-0.15, -0.1) is 10.2 Å². The molecule has 37 heavy (non-hydrogen) atoms. The van der Waals surface area contributed by atoms with E-state index in [1.807, 2.05) is 30.3 Å². The first-order chi connectivity index (χ1) is 18.1. The summed E-state index contributed by atoms with van der Waals surface area (Å²) in [5.41, 5.74) is 1.43. The van der Waals surface area contributed by atoms with Crippen molar-refractivity contribution >= 4 is 39.8 Å². The van der Waals surface area contributed by atoms with Gasteiger partial charge in [-0.2, -0.15) is 5.10 Å². The van der Waals surface area contributed by atoms with E-state index in [4.69, 9.17) is 4.74 Å². The average molecular weight is 492 g/mol. The Bertz CT molecular complexity index is 1630. The molecule has 0 fully saturated rings. The molecular formula is C28H21N5O4. The fourth-order valence-corrected chi connectivity index (χ4v) is 3.89. The Morgan fingerprint density at radius 2 is 1.59 bits per heavy atom. The first-order valence-electron chi connectivity index (χ1n) is 11.3. The largest absolute Gasteiger partial charge is 0.505 e. The van der Waals surface area contributed by atoms with Gasteiger partial charge in [-0.05, 0) is 41.1 Å². The molecule has 0 bridgehead atoms. The molecular weight excluding hydrogens is 470 g/mol. The third-order valence-electron chi connectivity index (χ3n) is 5.66. The van der Waals surface area contributed by atoms with Crippen LogP contribution in [0.15, 0.2) is 107 Å². The van der Waals surface area contributed by atoms with Crippen LogP contribution in [0.2, 0.25) is 0 Å². The van der Waals surface area contributed by atoms with Crippen LogP contribution in [0.3, 0.4) is 0 Å². The van der Waals surface area contributed by atoms with E-state index < -0.39 is 11.9 Å². The first-order valence-corrected chi connectivity index (χ1v) is 11.3. The highest BCUT2D eigenvalue weighted by Gasteiger charge is 2.22. The van der Waals surface area contributed by atoms with Crippen LogP contribution in [-0.4, -0.2) is 33.9 Å². The van der Waals surface area contributed by atoms with Gasteiger partial charge in [0.15, 0.2) is 11.6 Å². The van der Waals surface area contributed by atoms with Gasteiger partial charge in [0.05, 0.1) is 24.6 Å². The number of para-hydroxylation sites is 2. The standard InChI is InChI=1S/C28H21N5O4/c1-37-28(36)22-17-29-33(20-13-6-3-7-14-20)26(22)32-31-23-16-18-10-8-9-15-21(18)24(25(23)34)27(35)30-19-11-4-2-5-12-19/h2-17,34H,1H3,(H,30,35). The Morgan fingerprint density at radius 3 is 2.32 bits per heavy atom. The molecule has 4 aromatic carbocycles. The molecule has 1 heterocycles. The molecule has 1 amide bonds. The molecule has 0 unspecified atom stereocenters. The summed E-state index contributed by atoms with van der Waals surface area (Å²) < 4.78 is 6.31. The SMILES string of the molecule is COC(=O)c1cnn(-c2ccccc2)c1N=Nc1cc2ccccc2c(C(=O)Nc2ccccc2)c1O. The smallest absolute Gasteiger partial charge is 0.343 e. The Labute approximate surface area is 211 Å². The number of aromatic hydroxyl groups is 1. The van der Waals surface area contributed by atoms with Crippen LogP contribution in [0, 0.1) is 0 Å². The topological polar surface area (TPSA) is 118 Å². The van der Waals surface area contributed by atoms with Gasteiger partial charge >= 0.3 is 5.97 Å². The molecule has 0 aliphatic carbocycles. The number of azo groups is 1. The van der Waals surface area contributed by atoms with Crippen molar-refractivity contribution < 1.29 is 19.4 Å². The Balaban J connectivity index is 1.62. The lowest BCUT2D eigenvalue weighted by molar-refractivity contribution is 0.0601. The molecule has 0 atom stereocenters. The van der Waals surface area contributed by atoms with Gasteiger partial charge in [0.1, 0.15) is 11.3 Å². The van der Waals surface area contributed by atoms with Crippen molar-refractivity contribution in [3.05, 3.63) is 108 Å². The van der Waals surface area contributed by atoms with Gasteiger partial charge < -0.3 is 15.2 Å². The highest BCUT2D eigenvalue weighted by Crippen LogP contribution is 2.38. The molecule has 0 saturated heterocycles. The predicted molar refractivity (Wildman–Crippen MR) is 139 cm³/mol. The minimum atomic E-state index is -0.637. The second kappa shape index (κ2) is 10.1. The summed E-state index contributed by atoms with van der Waals surface area (Å²) in [7, 11) is 1.26. The van der Waals surface area contributed by atoms with Gasteiger partial charge in [0.25, 0.3) is 5.91 Å². The third kappa shape index (κ3) is 4.65. The molecule has 0 radical (unpaired) electrons. The number of benzene rings is 4. The van der Waals surface area contributed by atoms with E-state index in [0.29, 0.717) is 22.1 Å². The number of esters is 1. The van der Waals surface area contributed by atoms with Gasteiger partial charge in [0, 0.05) is 5.69 Å². The molecule has 1 aromatic heterocycles. The van der Waals surface area contributed by atoms with Gasteiger partial charge in [0.2, 0.25) is 0 Å². The second-order valence-corrected chi connectivity index (χ2v) is 7.98. The molecule has 2 N–H and O–H groups in total. The minimum absolute atomic E-state index is 0.0496. The van der Waals surface area contributed by atoms with Crippen molar-refractivity contribution in [3.63, 3.8) is 0 Å². The van der Waals surface area contributed by atoms with Crippen LogP contribution in [-0.2, 0) is 4.74 Å². The van der Waals surface area contributed by atoms with Crippen molar-refractivity contribution in [1.82, 2.24) is 9.78 Å². The van der Waals surface area contributed by atoms with Crippen LogP contribution in [0.1, 0.15) is 20.7 Å². The zero-order valence-electron chi connectivity index (χ0n) is 19.7. The van der Waals surface area contributed by atoms with E-state index in [2.05, 4.69) is 20.6 Å². The number of hydrogen-bond acceptors (Lipinski definition) is 7. The summed E-state index contributed by atoms with van der Waals surface area (Å²) in [6, 6.07) is 26.8. The lowest BCUT2D eigenvalue weighted by Gasteiger charge is -2.12. The number of nitrogens with one attached hydrogen (secondary N) is 1. The lowest BCUT2D eigenvalue weighted by atomic mass is 10.0. The second-order valence-electron chi connectivity index (χ2n) is 7.98. The molecule has 0 spiro atoms. The van der Waals surface area contributed by atoms with Crippen LogP contribution < -0.4 is 5.32 Å². The molecule has 182 valence electrons. The van der Waals surface area contributed by atoms with Crippen LogP contribution in [0.25, 0.3) is 16.5 Å². The molecule has 9 nitrogen and oxygen atoms in total. The maximum absolute atomic E-state index is 13.2. The van der Waals surface area contributed by atoms with Gasteiger partial charge in [-0.3, -0.25) is 4.79 Å². The number of phenols is 1. The number of aromatic nitrogens is 2. The molecule has 0 aliphatic heterocycles. The van der Waals surface area contributed by atoms with Crippen LogP contribution in [0.5, 0.6) is 5.75 Å². The zero-order chi connectivity index (χ0) is 25.8. The molecule has 5 rings (SSSR count). The maximum atomic E-state index is 13.2. The number of carbonyl (C=O) groups excluding carboxylic acids is 2. The summed E-state index contributed by atoms with van der Waals surface area (Å²) in [5, 5.41) is 28.0. The number of ether oxygens (including phenoxy) is 1. The van der Waals surface area contributed by atoms with Crippen molar-refractivity contribution in [3.8, 4) is 11.4 Å². The minimum Gasteiger partial charge on any atom is -0.505 e. The number of carbonyl (C=O) groups is 2. The monoisotopic (exact) mass is 491 g/mol. The van der Waals surface area contributed by atoms with E-state index in [1.54, 1.807) is 60.7 Å². The Kier molecular flexibility index (Phi) is 6.41. The van der Waals surface area contributed by atoms with Crippen molar-refractivity contribution in [2.24, 2.45) is 10.2 Å². The van der Waals surface area contributed by atoms with Gasteiger partial charge in [-0.25, -0.2) is 9.48 Å². The number of amides is 1. The summed E-state index contributed by atoms with van der Waals surface area (Å²) in [4.78, 5) is 25.6. The molecule has 0 saturated carbocycles. The molecule has 5 aromatic rings. The lowest BCUT2D eigenvalue weighted by Crippen LogP contribution is -2.12. The highest BCUT2D eigenvalue weighted by atomic mass is 16.5. The molecule has 9 heteroatoms. The van der Waals surface area contributed by atoms with Crippen LogP contribution >= 0.6 is 0 Å². The number of nitrogens with zero attached hydrogens (tertiary/aromatic N) is 4. The maximum Gasteiger partial charge on any atom is 0.343 e. The van der Waals surface area contributed by atoms with E-state index in [0.717, 1.165) is 0 Å². The fraction of sp³-hybridized carbons (Fsp3) is 0.0357. The number of fused-ring (bicyclic) bond motifs is 1. The van der Waals surface area contributed by atoms with E-state index >= 15 is 0 Å². The van der Waals surface area contributed by atoms with Gasteiger partial charge in [-0.1, -0.05) is 60.7 Å². The predicted octanol–water partition coefficient (Wildman–Crippen LogP) is 6.19. The average Bonchev–Trinajstić information content (AvgIpc) is 3.36. The summed E-state index contributed by atoms with van der Waals surface area (Å²) >= 11 is 0. The van der Waals surface area contributed by atoms with E-state index in [1.165, 1.54) is 18.0 Å². The first kappa shape index (κ1) is 23.4. The number of hydrogen-bond donors (Lipinski definition) is 2. The Hall–Kier alpha value is -5.31. The number of phenolic OH excluding ortho intramolecular Hbond substituents is 1. The zero-order valence-corrected chi connectivity index (χ0v) is 19.7. The highest BCUT2D eigenvalue weighted by molar-refractivity contribution is 6.16. The normalized spacial score (nSPS) is 11.1. The third-order valence-corrected chi connectivity index (χ3v) is 5.66. The Morgan fingerprint density at radius 1 is 0.919 bits per heavy atom. The number of rotatable bonds is 6. The number of methoxy groups -OCH3 is 1. The fourth-order valence-electron chi connectivity index (χ4n) is 3.89. The summed E-state index contributed by atoms with van der Waals surface area (Å²) in [6.45, 7) is 0. The summed E-state index contributed by atoms with van der Waals surface area (Å²) in [6.07, 6.45) is 1.34. The van der Waals surface area contributed by atoms with E-state index in [-0.39, 0.29) is 28.4 Å². The quantitative estimate of drug-likeness (QED) is 0.217. The van der Waals surface area contributed by atoms with Crippen LogP contribution in [0.4, 0.5) is 17.2 Å². The summed E-state index contributed by atoms with van der Waals surface area (Å²) in [5.74, 6) is -1.37. The molecule has 0 aliphatic rings. The van der Waals surface area contributed by atoms with Crippen molar-refractivity contribution in [1.29, 1.82) is 0 Å².